The van der Waals surface area contributed by atoms with Crippen LogP contribution in [0.25, 0.3) is 20.8 Å². The summed E-state index contributed by atoms with van der Waals surface area (Å²) in [4.78, 5) is 16.9. The lowest BCUT2D eigenvalue weighted by Gasteiger charge is -2.08. The second-order valence-corrected chi connectivity index (χ2v) is 9.73. The van der Waals surface area contributed by atoms with Gasteiger partial charge < -0.3 is 5.32 Å². The van der Waals surface area contributed by atoms with Gasteiger partial charge in [-0.05, 0) is 29.8 Å². The SMILES string of the molecule is O=C(CS(=O)(=O)Cc1ccccc1)Nc1cccc(-c2nc3ccccc3s2)c1. The van der Waals surface area contributed by atoms with Crippen LogP contribution in [0.15, 0.2) is 78.9 Å². The van der Waals surface area contributed by atoms with Crippen LogP contribution < -0.4 is 5.32 Å². The fourth-order valence-electron chi connectivity index (χ4n) is 3.00. The standard InChI is InChI=1S/C22H18N2O3S2/c25-21(15-29(26,27)14-16-7-2-1-3-8-16)23-18-10-6-9-17(13-18)22-24-19-11-4-5-12-20(19)28-22/h1-13H,14-15H2,(H,23,25). The van der Waals surface area contributed by atoms with Crippen molar-refractivity contribution in [3.05, 3.63) is 84.4 Å². The minimum atomic E-state index is -3.56. The highest BCUT2D eigenvalue weighted by atomic mass is 32.2. The number of carbonyl (C=O) groups excluding carboxylic acids is 1. The van der Waals surface area contributed by atoms with Gasteiger partial charge in [-0.2, -0.15) is 0 Å². The minimum absolute atomic E-state index is 0.160. The zero-order chi connectivity index (χ0) is 20.3. The number of carbonyl (C=O) groups is 1. The minimum Gasteiger partial charge on any atom is -0.325 e. The first kappa shape index (κ1) is 19.3. The average Bonchev–Trinajstić information content (AvgIpc) is 3.12. The van der Waals surface area contributed by atoms with E-state index in [-0.39, 0.29) is 5.75 Å². The molecule has 0 aliphatic carbocycles. The van der Waals surface area contributed by atoms with Gasteiger partial charge in [0, 0.05) is 11.3 Å². The van der Waals surface area contributed by atoms with Crippen LogP contribution in [0.3, 0.4) is 0 Å². The van der Waals surface area contributed by atoms with Gasteiger partial charge in [-0.15, -0.1) is 11.3 Å². The Morgan fingerprint density at radius 2 is 1.69 bits per heavy atom. The van der Waals surface area contributed by atoms with Gasteiger partial charge in [-0.1, -0.05) is 54.6 Å². The summed E-state index contributed by atoms with van der Waals surface area (Å²) in [6, 6.07) is 24.0. The van der Waals surface area contributed by atoms with E-state index < -0.39 is 21.5 Å². The summed E-state index contributed by atoms with van der Waals surface area (Å²) in [5.74, 6) is -1.28. The van der Waals surface area contributed by atoms with Gasteiger partial charge >= 0.3 is 0 Å². The summed E-state index contributed by atoms with van der Waals surface area (Å²) in [6.45, 7) is 0. The first-order valence-electron chi connectivity index (χ1n) is 8.99. The molecule has 5 nitrogen and oxygen atoms in total. The maximum Gasteiger partial charge on any atom is 0.239 e. The van der Waals surface area contributed by atoms with Crippen molar-refractivity contribution >= 4 is 43.0 Å². The number of rotatable bonds is 6. The van der Waals surface area contributed by atoms with Crippen LogP contribution in [0, 0.1) is 0 Å². The summed E-state index contributed by atoms with van der Waals surface area (Å²) in [7, 11) is -3.56. The number of nitrogens with zero attached hydrogens (tertiary/aromatic N) is 1. The number of amides is 1. The number of sulfone groups is 1. The van der Waals surface area contributed by atoms with Crippen LogP contribution in [0.1, 0.15) is 5.56 Å². The summed E-state index contributed by atoms with van der Waals surface area (Å²) < 4.78 is 25.7. The van der Waals surface area contributed by atoms with E-state index in [1.54, 1.807) is 47.7 Å². The van der Waals surface area contributed by atoms with E-state index in [0.29, 0.717) is 11.3 Å². The highest BCUT2D eigenvalue weighted by Crippen LogP contribution is 2.31. The normalized spacial score (nSPS) is 11.4. The smallest absolute Gasteiger partial charge is 0.239 e. The second kappa shape index (κ2) is 8.14. The molecular weight excluding hydrogens is 404 g/mol. The molecule has 0 aliphatic rings. The molecule has 1 heterocycles. The van der Waals surface area contributed by atoms with Crippen LogP contribution in [0.4, 0.5) is 5.69 Å². The molecule has 29 heavy (non-hydrogen) atoms. The third-order valence-corrected chi connectivity index (χ3v) is 6.83. The molecule has 146 valence electrons. The van der Waals surface area contributed by atoms with Crippen molar-refractivity contribution in [1.29, 1.82) is 0 Å². The van der Waals surface area contributed by atoms with Crippen molar-refractivity contribution in [3.63, 3.8) is 0 Å². The van der Waals surface area contributed by atoms with Crippen molar-refractivity contribution in [2.45, 2.75) is 5.75 Å². The fraction of sp³-hybridized carbons (Fsp3) is 0.0909. The average molecular weight is 423 g/mol. The zero-order valence-corrected chi connectivity index (χ0v) is 17.0. The molecule has 0 bridgehead atoms. The molecule has 0 saturated carbocycles. The number of hydrogen-bond donors (Lipinski definition) is 1. The van der Waals surface area contributed by atoms with Crippen molar-refractivity contribution in [1.82, 2.24) is 4.98 Å². The Morgan fingerprint density at radius 3 is 2.48 bits per heavy atom. The molecule has 1 aromatic heterocycles. The largest absolute Gasteiger partial charge is 0.325 e. The summed E-state index contributed by atoms with van der Waals surface area (Å²) in [6.07, 6.45) is 0. The number of thiazole rings is 1. The van der Waals surface area contributed by atoms with Crippen LogP contribution in [0.5, 0.6) is 0 Å². The Bertz CT molecular complexity index is 1230. The molecule has 1 N–H and O–H groups in total. The predicted octanol–water partition coefficient (Wildman–Crippen LogP) is 4.52. The van der Waals surface area contributed by atoms with E-state index in [1.165, 1.54) is 0 Å². The first-order chi connectivity index (χ1) is 14.0. The quantitative estimate of drug-likeness (QED) is 0.496. The lowest BCUT2D eigenvalue weighted by atomic mass is 10.2. The van der Waals surface area contributed by atoms with E-state index >= 15 is 0 Å². The van der Waals surface area contributed by atoms with Gasteiger partial charge in [0.05, 0.1) is 16.0 Å². The number of fused-ring (bicyclic) bond motifs is 1. The number of nitrogens with one attached hydrogen (secondary N) is 1. The number of benzene rings is 3. The summed E-state index contributed by atoms with van der Waals surface area (Å²) >= 11 is 1.57. The van der Waals surface area contributed by atoms with E-state index in [4.69, 9.17) is 0 Å². The van der Waals surface area contributed by atoms with Crippen molar-refractivity contribution in [3.8, 4) is 10.6 Å². The maximum atomic E-state index is 12.3. The van der Waals surface area contributed by atoms with Crippen molar-refractivity contribution < 1.29 is 13.2 Å². The molecule has 1 amide bonds. The molecule has 7 heteroatoms. The molecule has 4 aromatic rings. The summed E-state index contributed by atoms with van der Waals surface area (Å²) in [5, 5.41) is 3.53. The number of para-hydroxylation sites is 1. The Labute approximate surface area is 173 Å². The molecular formula is C22H18N2O3S2. The molecule has 0 saturated heterocycles. The highest BCUT2D eigenvalue weighted by Gasteiger charge is 2.18. The van der Waals surface area contributed by atoms with E-state index in [0.717, 1.165) is 20.8 Å². The molecule has 0 radical (unpaired) electrons. The Hall–Kier alpha value is -3.03. The van der Waals surface area contributed by atoms with Gasteiger partial charge in [0.25, 0.3) is 0 Å². The first-order valence-corrected chi connectivity index (χ1v) is 11.6. The molecule has 0 unspecified atom stereocenters. The van der Waals surface area contributed by atoms with E-state index in [1.807, 2.05) is 42.5 Å². The fourth-order valence-corrected chi connectivity index (χ4v) is 5.24. The van der Waals surface area contributed by atoms with Crippen molar-refractivity contribution in [2.24, 2.45) is 0 Å². The molecule has 4 rings (SSSR count). The Balaban J connectivity index is 1.46. The molecule has 3 aromatic carbocycles. The monoisotopic (exact) mass is 422 g/mol. The van der Waals surface area contributed by atoms with Crippen LogP contribution in [-0.2, 0) is 20.4 Å². The van der Waals surface area contributed by atoms with Gasteiger partial charge in [0.1, 0.15) is 10.8 Å². The van der Waals surface area contributed by atoms with Crippen LogP contribution in [-0.4, -0.2) is 25.1 Å². The maximum absolute atomic E-state index is 12.3. The van der Waals surface area contributed by atoms with E-state index in [9.17, 15) is 13.2 Å². The molecule has 0 fully saturated rings. The topological polar surface area (TPSA) is 76.1 Å². The zero-order valence-electron chi connectivity index (χ0n) is 15.4. The number of hydrogen-bond acceptors (Lipinski definition) is 5. The van der Waals surface area contributed by atoms with Gasteiger partial charge in [-0.25, -0.2) is 13.4 Å². The van der Waals surface area contributed by atoms with Gasteiger partial charge in [0.15, 0.2) is 9.84 Å². The summed E-state index contributed by atoms with van der Waals surface area (Å²) in [5.41, 5.74) is 3.00. The van der Waals surface area contributed by atoms with Crippen LogP contribution in [0.2, 0.25) is 0 Å². The highest BCUT2D eigenvalue weighted by molar-refractivity contribution is 7.91. The van der Waals surface area contributed by atoms with Crippen LogP contribution >= 0.6 is 11.3 Å². The third-order valence-electron chi connectivity index (χ3n) is 4.27. The molecule has 0 spiro atoms. The predicted molar refractivity (Wildman–Crippen MR) is 118 cm³/mol. The Morgan fingerprint density at radius 1 is 0.931 bits per heavy atom. The lowest BCUT2D eigenvalue weighted by molar-refractivity contribution is -0.113. The third kappa shape index (κ3) is 4.88. The lowest BCUT2D eigenvalue weighted by Crippen LogP contribution is -2.23. The molecule has 0 atom stereocenters. The number of aromatic nitrogens is 1. The van der Waals surface area contributed by atoms with Gasteiger partial charge in [-0.3, -0.25) is 4.79 Å². The number of anilines is 1. The molecule has 0 aliphatic heterocycles. The van der Waals surface area contributed by atoms with E-state index in [2.05, 4.69) is 10.3 Å². The Kier molecular flexibility index (Phi) is 5.42. The van der Waals surface area contributed by atoms with Crippen molar-refractivity contribution in [2.75, 3.05) is 11.1 Å². The van der Waals surface area contributed by atoms with Gasteiger partial charge in [0.2, 0.25) is 5.91 Å². The second-order valence-electron chi connectivity index (χ2n) is 6.63.